The lowest BCUT2D eigenvalue weighted by atomic mass is 9.68. The molecule has 5 rings (SSSR count). The third kappa shape index (κ3) is 2.18. The van der Waals surface area contributed by atoms with Gasteiger partial charge in [0, 0.05) is 17.8 Å². The highest BCUT2D eigenvalue weighted by atomic mass is 19.1. The fraction of sp³-hybridized carbons (Fsp3) is 0.400. The smallest absolute Gasteiger partial charge is 0.269 e. The summed E-state index contributed by atoms with van der Waals surface area (Å²) >= 11 is 0. The van der Waals surface area contributed by atoms with Crippen molar-refractivity contribution in [1.29, 1.82) is 0 Å². The van der Waals surface area contributed by atoms with Gasteiger partial charge in [0.1, 0.15) is 5.82 Å². The molecular weight excluding hydrogens is 319 g/mol. The summed E-state index contributed by atoms with van der Waals surface area (Å²) in [7, 11) is 0. The Morgan fingerprint density at radius 1 is 1.08 bits per heavy atom. The second-order valence-electron chi connectivity index (χ2n) is 7.64. The van der Waals surface area contributed by atoms with Crippen LogP contribution in [0.25, 0.3) is 0 Å². The molecule has 2 saturated carbocycles. The highest BCUT2D eigenvalue weighted by molar-refractivity contribution is 5.62. The van der Waals surface area contributed by atoms with Gasteiger partial charge in [-0.3, -0.25) is 10.1 Å². The Kier molecular flexibility index (Phi) is 3.14. The van der Waals surface area contributed by atoms with E-state index >= 15 is 0 Å². The van der Waals surface area contributed by atoms with Crippen LogP contribution >= 0.6 is 0 Å². The predicted molar refractivity (Wildman–Crippen MR) is 92.9 cm³/mol. The lowest BCUT2D eigenvalue weighted by Crippen LogP contribution is -2.35. The van der Waals surface area contributed by atoms with Crippen LogP contribution in [-0.4, -0.2) is 4.92 Å². The minimum absolute atomic E-state index is 0.148. The maximum atomic E-state index is 13.3. The maximum absolute atomic E-state index is 13.3. The Balaban J connectivity index is 1.62. The summed E-state index contributed by atoms with van der Waals surface area (Å²) in [5.74, 6) is 1.83. The van der Waals surface area contributed by atoms with Crippen LogP contribution < -0.4 is 5.32 Å². The minimum Gasteiger partial charge on any atom is -0.378 e. The molecule has 0 saturated heterocycles. The van der Waals surface area contributed by atoms with Crippen LogP contribution in [0.5, 0.6) is 0 Å². The van der Waals surface area contributed by atoms with E-state index in [2.05, 4.69) is 5.32 Å². The van der Waals surface area contributed by atoms with E-state index in [1.165, 1.54) is 31.4 Å². The number of nitrogens with one attached hydrogen (secondary N) is 1. The van der Waals surface area contributed by atoms with Crippen LogP contribution in [0, 0.1) is 33.7 Å². The summed E-state index contributed by atoms with van der Waals surface area (Å²) < 4.78 is 13.3. The molecule has 2 fully saturated rings. The fourth-order valence-corrected chi connectivity index (χ4v) is 5.59. The summed E-state index contributed by atoms with van der Waals surface area (Å²) in [5, 5.41) is 14.8. The van der Waals surface area contributed by atoms with Crippen molar-refractivity contribution in [3.63, 3.8) is 0 Å². The van der Waals surface area contributed by atoms with Crippen LogP contribution in [0.4, 0.5) is 15.8 Å². The third-order valence-corrected chi connectivity index (χ3v) is 6.51. The van der Waals surface area contributed by atoms with Gasteiger partial charge in [0.2, 0.25) is 0 Å². The van der Waals surface area contributed by atoms with Gasteiger partial charge in [0.25, 0.3) is 5.69 Å². The number of hydrogen-bond donors (Lipinski definition) is 1. The molecule has 0 spiro atoms. The Bertz CT molecular complexity index is 851. The molecule has 0 amide bonds. The zero-order valence-corrected chi connectivity index (χ0v) is 13.7. The van der Waals surface area contributed by atoms with Gasteiger partial charge < -0.3 is 5.32 Å². The van der Waals surface area contributed by atoms with E-state index in [0.717, 1.165) is 16.8 Å². The summed E-state index contributed by atoms with van der Waals surface area (Å²) in [6.45, 7) is 0. The molecule has 2 aliphatic carbocycles. The first-order chi connectivity index (χ1) is 12.1. The van der Waals surface area contributed by atoms with E-state index in [1.54, 1.807) is 12.1 Å². The molecule has 5 atom stereocenters. The molecule has 2 aromatic carbocycles. The van der Waals surface area contributed by atoms with Crippen molar-refractivity contribution in [3.8, 4) is 0 Å². The molecule has 3 aliphatic rings. The van der Waals surface area contributed by atoms with E-state index in [0.29, 0.717) is 23.7 Å². The molecule has 5 heteroatoms. The number of nitrogens with zero attached hydrogens (tertiary/aromatic N) is 1. The van der Waals surface area contributed by atoms with Crippen LogP contribution in [0.15, 0.2) is 42.5 Å². The number of nitro groups is 1. The molecule has 1 N–H and O–H groups in total. The molecule has 0 radical (unpaired) electrons. The topological polar surface area (TPSA) is 55.2 Å². The Labute approximate surface area is 145 Å². The number of benzene rings is 2. The number of anilines is 1. The standard InChI is InChI=1S/C20H19FN2O2/c21-14-5-3-11(4-6-14)20-19-13-2-1-12(9-13)18(19)16-10-15(23(24)25)7-8-17(16)22-20/h3-8,10,12-13,18-20,22H,1-2,9H2/t12-,13-,18+,19-,20-/m0/s1. The summed E-state index contributed by atoms with van der Waals surface area (Å²) in [5.41, 5.74) is 3.37. The summed E-state index contributed by atoms with van der Waals surface area (Å²) in [6.07, 6.45) is 3.65. The number of rotatable bonds is 2. The Morgan fingerprint density at radius 3 is 2.60 bits per heavy atom. The average Bonchev–Trinajstić information content (AvgIpc) is 3.23. The molecule has 25 heavy (non-hydrogen) atoms. The Morgan fingerprint density at radius 2 is 1.84 bits per heavy atom. The number of nitro benzene ring substituents is 1. The van der Waals surface area contributed by atoms with Gasteiger partial charge in [0.15, 0.2) is 0 Å². The molecule has 2 bridgehead atoms. The van der Waals surface area contributed by atoms with E-state index in [9.17, 15) is 14.5 Å². The lowest BCUT2D eigenvalue weighted by molar-refractivity contribution is -0.384. The number of non-ortho nitro benzene ring substituents is 1. The summed E-state index contributed by atoms with van der Waals surface area (Å²) in [4.78, 5) is 10.9. The highest BCUT2D eigenvalue weighted by Crippen LogP contribution is 2.63. The number of fused-ring (bicyclic) bond motifs is 7. The van der Waals surface area contributed by atoms with Gasteiger partial charge in [0.05, 0.1) is 11.0 Å². The van der Waals surface area contributed by atoms with Crippen molar-refractivity contribution in [2.75, 3.05) is 5.32 Å². The molecule has 1 aliphatic heterocycles. The van der Waals surface area contributed by atoms with E-state index in [1.807, 2.05) is 18.2 Å². The van der Waals surface area contributed by atoms with E-state index < -0.39 is 0 Å². The monoisotopic (exact) mass is 338 g/mol. The minimum atomic E-state index is -0.311. The van der Waals surface area contributed by atoms with Gasteiger partial charge in [-0.2, -0.15) is 0 Å². The lowest BCUT2D eigenvalue weighted by Gasteiger charge is -2.43. The van der Waals surface area contributed by atoms with Crippen LogP contribution in [0.2, 0.25) is 0 Å². The number of hydrogen-bond acceptors (Lipinski definition) is 3. The van der Waals surface area contributed by atoms with Crippen molar-refractivity contribution in [2.24, 2.45) is 17.8 Å². The largest absolute Gasteiger partial charge is 0.378 e. The molecule has 128 valence electrons. The maximum Gasteiger partial charge on any atom is 0.269 e. The first-order valence-electron chi connectivity index (χ1n) is 8.92. The molecule has 4 nitrogen and oxygen atoms in total. The van der Waals surface area contributed by atoms with Gasteiger partial charge in [-0.1, -0.05) is 12.1 Å². The molecule has 0 unspecified atom stereocenters. The first kappa shape index (κ1) is 14.9. The van der Waals surface area contributed by atoms with Crippen molar-refractivity contribution in [1.82, 2.24) is 0 Å². The van der Waals surface area contributed by atoms with E-state index in [-0.39, 0.29) is 22.5 Å². The summed E-state index contributed by atoms with van der Waals surface area (Å²) in [6, 6.07) is 12.1. The fourth-order valence-electron chi connectivity index (χ4n) is 5.59. The zero-order valence-electron chi connectivity index (χ0n) is 13.7. The second-order valence-corrected chi connectivity index (χ2v) is 7.64. The molecule has 2 aromatic rings. The first-order valence-corrected chi connectivity index (χ1v) is 8.92. The Hall–Kier alpha value is -2.43. The van der Waals surface area contributed by atoms with Crippen LogP contribution in [0.3, 0.4) is 0 Å². The average molecular weight is 338 g/mol. The third-order valence-electron chi connectivity index (χ3n) is 6.51. The van der Waals surface area contributed by atoms with Gasteiger partial charge in [-0.05, 0) is 72.3 Å². The van der Waals surface area contributed by atoms with Crippen LogP contribution in [0.1, 0.15) is 42.3 Å². The quantitative estimate of drug-likeness (QED) is 0.617. The normalized spacial score (nSPS) is 32.0. The zero-order chi connectivity index (χ0) is 17.1. The van der Waals surface area contributed by atoms with E-state index in [4.69, 9.17) is 0 Å². The van der Waals surface area contributed by atoms with Crippen molar-refractivity contribution in [2.45, 2.75) is 31.2 Å². The molecule has 0 aromatic heterocycles. The van der Waals surface area contributed by atoms with Crippen molar-refractivity contribution < 1.29 is 9.31 Å². The van der Waals surface area contributed by atoms with Crippen molar-refractivity contribution >= 4 is 11.4 Å². The van der Waals surface area contributed by atoms with Gasteiger partial charge >= 0.3 is 0 Å². The second kappa shape index (κ2) is 5.28. The predicted octanol–water partition coefficient (Wildman–Crippen LogP) is 5.03. The van der Waals surface area contributed by atoms with Crippen LogP contribution in [-0.2, 0) is 0 Å². The van der Waals surface area contributed by atoms with Crippen molar-refractivity contribution in [3.05, 3.63) is 69.5 Å². The van der Waals surface area contributed by atoms with Gasteiger partial charge in [-0.15, -0.1) is 0 Å². The molecular formula is C20H19FN2O2. The molecule has 1 heterocycles. The highest BCUT2D eigenvalue weighted by Gasteiger charge is 2.54. The SMILES string of the molecule is O=[N+]([O-])c1ccc2c(c1)[C@H]1[C@H]3CC[C@@H](C3)[C@@H]1[C@H](c1ccc(F)cc1)N2. The number of halogens is 1. The van der Waals surface area contributed by atoms with Gasteiger partial charge in [-0.25, -0.2) is 4.39 Å².